The second-order valence-corrected chi connectivity index (χ2v) is 5.91. The molecule has 0 fully saturated rings. The predicted molar refractivity (Wildman–Crippen MR) is 92.3 cm³/mol. The Labute approximate surface area is 138 Å². The zero-order chi connectivity index (χ0) is 16.8. The third kappa shape index (κ3) is 2.03. The number of aromatic nitrogens is 2. The van der Waals surface area contributed by atoms with Crippen molar-refractivity contribution in [3.05, 3.63) is 47.0 Å². The number of anilines is 1. The van der Waals surface area contributed by atoms with Crippen LogP contribution in [-0.4, -0.2) is 21.6 Å². The molecule has 0 radical (unpaired) electrons. The number of aromatic amines is 1. The monoisotopic (exact) mass is 323 g/mol. The Morgan fingerprint density at radius 2 is 2.04 bits per heavy atom. The van der Waals surface area contributed by atoms with E-state index in [1.807, 2.05) is 31.2 Å². The van der Waals surface area contributed by atoms with Crippen molar-refractivity contribution in [3.63, 3.8) is 0 Å². The number of nitrogens with zero attached hydrogens (tertiary/aromatic N) is 1. The SMILES string of the molecule is CCC1Oc2c(cccc2-c2cn(C)c(=O)c3[nH]ccc23)NC1=O. The van der Waals surface area contributed by atoms with Gasteiger partial charge in [-0.1, -0.05) is 19.1 Å². The minimum Gasteiger partial charge on any atom is -0.478 e. The van der Waals surface area contributed by atoms with Crippen LogP contribution >= 0.6 is 0 Å². The lowest BCUT2D eigenvalue weighted by atomic mass is 10.0. The van der Waals surface area contributed by atoms with E-state index in [2.05, 4.69) is 10.3 Å². The molecule has 6 nitrogen and oxygen atoms in total. The fourth-order valence-electron chi connectivity index (χ4n) is 3.14. The molecule has 3 aromatic rings. The number of amides is 1. The number of nitrogens with one attached hydrogen (secondary N) is 2. The first-order valence-electron chi connectivity index (χ1n) is 7.87. The second-order valence-electron chi connectivity index (χ2n) is 5.91. The van der Waals surface area contributed by atoms with Gasteiger partial charge in [0, 0.05) is 36.0 Å². The molecule has 1 amide bonds. The molecule has 24 heavy (non-hydrogen) atoms. The summed E-state index contributed by atoms with van der Waals surface area (Å²) in [5.74, 6) is 0.513. The number of para-hydroxylation sites is 1. The molecule has 1 aromatic carbocycles. The lowest BCUT2D eigenvalue weighted by molar-refractivity contribution is -0.123. The molecule has 0 bridgehead atoms. The average molecular weight is 323 g/mol. The van der Waals surface area contributed by atoms with Gasteiger partial charge in [0.05, 0.1) is 5.69 Å². The molecule has 0 aliphatic carbocycles. The van der Waals surface area contributed by atoms with Crippen molar-refractivity contribution in [2.45, 2.75) is 19.4 Å². The standard InChI is InChI=1S/C18H17N3O3/c1-3-14-17(22)20-13-6-4-5-11(16(13)24-14)12-9-21(2)18(23)15-10(12)7-8-19-15/h4-9,14,19H,3H2,1-2H3,(H,20,22). The number of fused-ring (bicyclic) bond motifs is 2. The average Bonchev–Trinajstić information content (AvgIpc) is 3.07. The summed E-state index contributed by atoms with van der Waals surface area (Å²) in [5, 5.41) is 3.73. The fourth-order valence-corrected chi connectivity index (χ4v) is 3.14. The molecule has 0 spiro atoms. The molecular formula is C18H17N3O3. The maximum absolute atomic E-state index is 12.2. The summed E-state index contributed by atoms with van der Waals surface area (Å²) in [6.07, 6.45) is 3.64. The number of pyridine rings is 1. The minimum atomic E-state index is -0.507. The molecule has 1 unspecified atom stereocenters. The summed E-state index contributed by atoms with van der Waals surface area (Å²) in [6.45, 7) is 1.91. The highest BCUT2D eigenvalue weighted by Gasteiger charge is 2.28. The summed E-state index contributed by atoms with van der Waals surface area (Å²) in [7, 11) is 1.72. The summed E-state index contributed by atoms with van der Waals surface area (Å²) in [5.41, 5.74) is 2.87. The van der Waals surface area contributed by atoms with Crippen LogP contribution in [0.25, 0.3) is 22.0 Å². The van der Waals surface area contributed by atoms with E-state index in [4.69, 9.17) is 4.74 Å². The summed E-state index contributed by atoms with van der Waals surface area (Å²) in [6, 6.07) is 7.51. The van der Waals surface area contributed by atoms with Gasteiger partial charge in [-0.05, 0) is 18.6 Å². The van der Waals surface area contributed by atoms with Gasteiger partial charge in [-0.2, -0.15) is 0 Å². The normalized spacial score (nSPS) is 16.6. The highest BCUT2D eigenvalue weighted by molar-refractivity contribution is 6.02. The van der Waals surface area contributed by atoms with E-state index >= 15 is 0 Å². The molecule has 3 heterocycles. The topological polar surface area (TPSA) is 76.1 Å². The van der Waals surface area contributed by atoms with Crippen molar-refractivity contribution in [1.29, 1.82) is 0 Å². The van der Waals surface area contributed by atoms with Crippen LogP contribution in [0, 0.1) is 0 Å². The Hall–Kier alpha value is -3.02. The first-order chi connectivity index (χ1) is 11.6. The van der Waals surface area contributed by atoms with Crippen LogP contribution in [0.2, 0.25) is 0 Å². The molecule has 1 atom stereocenters. The highest BCUT2D eigenvalue weighted by Crippen LogP contribution is 2.41. The molecule has 122 valence electrons. The highest BCUT2D eigenvalue weighted by atomic mass is 16.5. The van der Waals surface area contributed by atoms with Crippen LogP contribution < -0.4 is 15.6 Å². The maximum atomic E-state index is 12.2. The van der Waals surface area contributed by atoms with Crippen LogP contribution in [0.3, 0.4) is 0 Å². The molecular weight excluding hydrogens is 306 g/mol. The van der Waals surface area contributed by atoms with E-state index in [0.29, 0.717) is 23.4 Å². The van der Waals surface area contributed by atoms with E-state index in [9.17, 15) is 9.59 Å². The maximum Gasteiger partial charge on any atom is 0.274 e. The van der Waals surface area contributed by atoms with Crippen LogP contribution in [0.5, 0.6) is 5.75 Å². The largest absolute Gasteiger partial charge is 0.478 e. The predicted octanol–water partition coefficient (Wildman–Crippen LogP) is 2.64. The molecule has 2 N–H and O–H groups in total. The molecule has 0 saturated heterocycles. The van der Waals surface area contributed by atoms with Gasteiger partial charge in [0.15, 0.2) is 11.9 Å². The Morgan fingerprint density at radius 1 is 1.21 bits per heavy atom. The summed E-state index contributed by atoms with van der Waals surface area (Å²) in [4.78, 5) is 27.3. The van der Waals surface area contributed by atoms with Crippen LogP contribution in [-0.2, 0) is 11.8 Å². The van der Waals surface area contributed by atoms with Gasteiger partial charge in [0.25, 0.3) is 11.5 Å². The number of carbonyl (C=O) groups excluding carboxylic acids is 1. The van der Waals surface area contributed by atoms with Crippen molar-refractivity contribution in [3.8, 4) is 16.9 Å². The zero-order valence-electron chi connectivity index (χ0n) is 13.4. The lowest BCUT2D eigenvalue weighted by Gasteiger charge is -2.27. The molecule has 0 saturated carbocycles. The summed E-state index contributed by atoms with van der Waals surface area (Å²) >= 11 is 0. The van der Waals surface area contributed by atoms with E-state index in [-0.39, 0.29) is 11.5 Å². The first-order valence-corrected chi connectivity index (χ1v) is 7.87. The first kappa shape index (κ1) is 14.6. The Balaban J connectivity index is 1.98. The molecule has 2 aromatic heterocycles. The number of H-pyrrole nitrogens is 1. The van der Waals surface area contributed by atoms with Crippen molar-refractivity contribution in [2.75, 3.05) is 5.32 Å². The zero-order valence-corrected chi connectivity index (χ0v) is 13.4. The van der Waals surface area contributed by atoms with Gasteiger partial charge in [0.2, 0.25) is 0 Å². The van der Waals surface area contributed by atoms with Gasteiger partial charge < -0.3 is 19.6 Å². The Kier molecular flexibility index (Phi) is 3.19. The molecule has 1 aliphatic rings. The van der Waals surface area contributed by atoms with Gasteiger partial charge in [0.1, 0.15) is 5.52 Å². The van der Waals surface area contributed by atoms with Crippen LogP contribution in [0.4, 0.5) is 5.69 Å². The molecule has 6 heteroatoms. The number of benzene rings is 1. The smallest absolute Gasteiger partial charge is 0.274 e. The van der Waals surface area contributed by atoms with Gasteiger partial charge in [-0.15, -0.1) is 0 Å². The van der Waals surface area contributed by atoms with Gasteiger partial charge in [-0.25, -0.2) is 0 Å². The lowest BCUT2D eigenvalue weighted by Crippen LogP contribution is -2.36. The summed E-state index contributed by atoms with van der Waals surface area (Å²) < 4.78 is 7.51. The number of ether oxygens (including phenoxy) is 1. The van der Waals surface area contributed by atoms with Crippen molar-refractivity contribution in [2.24, 2.45) is 7.05 Å². The third-order valence-electron chi connectivity index (χ3n) is 4.38. The van der Waals surface area contributed by atoms with Crippen molar-refractivity contribution in [1.82, 2.24) is 9.55 Å². The Bertz CT molecular complexity index is 1020. The number of aryl methyl sites for hydroxylation is 1. The van der Waals surface area contributed by atoms with Crippen LogP contribution in [0.15, 0.2) is 41.5 Å². The third-order valence-corrected chi connectivity index (χ3v) is 4.38. The second kappa shape index (κ2) is 5.26. The quantitative estimate of drug-likeness (QED) is 0.761. The minimum absolute atomic E-state index is 0.0794. The van der Waals surface area contributed by atoms with Gasteiger partial charge in [-0.3, -0.25) is 9.59 Å². The number of rotatable bonds is 2. The van der Waals surface area contributed by atoms with E-state index in [1.54, 1.807) is 24.0 Å². The van der Waals surface area contributed by atoms with Crippen LogP contribution in [0.1, 0.15) is 13.3 Å². The van der Waals surface area contributed by atoms with E-state index < -0.39 is 6.10 Å². The number of carbonyl (C=O) groups is 1. The molecule has 1 aliphatic heterocycles. The number of hydrogen-bond acceptors (Lipinski definition) is 3. The number of hydrogen-bond donors (Lipinski definition) is 2. The van der Waals surface area contributed by atoms with Gasteiger partial charge >= 0.3 is 0 Å². The Morgan fingerprint density at radius 3 is 2.83 bits per heavy atom. The van der Waals surface area contributed by atoms with E-state index in [1.165, 1.54) is 0 Å². The van der Waals surface area contributed by atoms with Crippen molar-refractivity contribution >= 4 is 22.5 Å². The van der Waals surface area contributed by atoms with Crippen molar-refractivity contribution < 1.29 is 9.53 Å². The molecule has 4 rings (SSSR count). The van der Waals surface area contributed by atoms with E-state index in [0.717, 1.165) is 16.5 Å². The fraction of sp³-hybridized carbons (Fsp3) is 0.222.